The van der Waals surface area contributed by atoms with Crippen molar-refractivity contribution < 1.29 is 48.8 Å². The highest BCUT2D eigenvalue weighted by Crippen LogP contribution is 2.41. The summed E-state index contributed by atoms with van der Waals surface area (Å²) in [5.74, 6) is -4.95. The number of nitrogens with two attached hydrogens (primary N) is 1. The normalized spacial score (nSPS) is 13.7. The van der Waals surface area contributed by atoms with Crippen LogP contribution in [-0.4, -0.2) is 16.0 Å². The molecule has 1 unspecified atom stereocenters. The van der Waals surface area contributed by atoms with E-state index in [0.717, 1.165) is 24.3 Å². The summed E-state index contributed by atoms with van der Waals surface area (Å²) in [5.41, 5.74) is 1.77. The summed E-state index contributed by atoms with van der Waals surface area (Å²) < 4.78 is 122. The number of alkyl halides is 9. The molecule has 0 spiro atoms. The smallest absolute Gasteiger partial charge is 0.370 e. The van der Waals surface area contributed by atoms with Gasteiger partial charge in [-0.2, -0.15) is 44.5 Å². The summed E-state index contributed by atoms with van der Waals surface area (Å²) in [6.07, 6.45) is -15.4. The lowest BCUT2D eigenvalue weighted by Gasteiger charge is -2.20. The lowest BCUT2D eigenvalue weighted by Crippen LogP contribution is -2.17. The van der Waals surface area contributed by atoms with Gasteiger partial charge in [-0.1, -0.05) is 29.4 Å². The molecule has 1 atom stereocenters. The van der Waals surface area contributed by atoms with Crippen LogP contribution in [0.4, 0.5) is 39.5 Å². The first kappa shape index (κ1) is 25.1. The Kier molecular flexibility index (Phi) is 6.37. The number of rotatable bonds is 5. The second kappa shape index (κ2) is 8.65. The SMILES string of the molecule is NC(=O)CC(c1ccc(C(F)(F)F)cc1)c1ccc(-c2noc(C(F)(F)F)n2)c(C(F)(F)F)c1. The average Bonchev–Trinajstić information content (AvgIpc) is 3.21. The molecule has 0 fully saturated rings. The number of halogens is 9. The van der Waals surface area contributed by atoms with Gasteiger partial charge in [-0.05, 0) is 29.3 Å². The molecule has 34 heavy (non-hydrogen) atoms. The quantitative estimate of drug-likeness (QED) is 0.452. The van der Waals surface area contributed by atoms with Crippen molar-refractivity contribution in [1.82, 2.24) is 10.1 Å². The molecule has 182 valence electrons. The summed E-state index contributed by atoms with van der Waals surface area (Å²) in [7, 11) is 0. The van der Waals surface area contributed by atoms with Crippen LogP contribution in [0, 0.1) is 0 Å². The van der Waals surface area contributed by atoms with E-state index in [2.05, 4.69) is 14.7 Å². The standard InChI is InChI=1S/C20H12F9N3O2/c21-18(22,23)11-4-1-9(2-5-11)13(8-15(30)33)10-3-6-12(14(7-10)19(24,25)26)16-31-17(34-32-16)20(27,28)29/h1-7,13H,8H2,(H2,30,33). The maximum absolute atomic E-state index is 13.7. The van der Waals surface area contributed by atoms with Gasteiger partial charge in [-0.15, -0.1) is 0 Å². The molecule has 2 aromatic carbocycles. The molecule has 5 nitrogen and oxygen atoms in total. The first-order valence-corrected chi connectivity index (χ1v) is 9.15. The lowest BCUT2D eigenvalue weighted by molar-refractivity contribution is -0.159. The number of amides is 1. The van der Waals surface area contributed by atoms with Crippen LogP contribution in [0.25, 0.3) is 11.4 Å². The Labute approximate surface area is 184 Å². The Balaban J connectivity index is 2.11. The van der Waals surface area contributed by atoms with Crippen LogP contribution >= 0.6 is 0 Å². The van der Waals surface area contributed by atoms with E-state index in [9.17, 15) is 44.3 Å². The fourth-order valence-corrected chi connectivity index (χ4v) is 3.19. The van der Waals surface area contributed by atoms with Crippen molar-refractivity contribution in [1.29, 1.82) is 0 Å². The third kappa shape index (κ3) is 5.48. The third-order valence-electron chi connectivity index (χ3n) is 4.71. The zero-order chi connectivity index (χ0) is 25.5. The molecular weight excluding hydrogens is 485 g/mol. The van der Waals surface area contributed by atoms with Gasteiger partial charge in [0.1, 0.15) is 0 Å². The van der Waals surface area contributed by atoms with E-state index >= 15 is 0 Å². The molecule has 3 aromatic rings. The van der Waals surface area contributed by atoms with E-state index in [4.69, 9.17) is 5.73 Å². The second-order valence-electron chi connectivity index (χ2n) is 7.07. The highest BCUT2D eigenvalue weighted by Gasteiger charge is 2.40. The minimum absolute atomic E-state index is 0.0617. The van der Waals surface area contributed by atoms with E-state index in [-0.39, 0.29) is 11.1 Å². The van der Waals surface area contributed by atoms with Crippen LogP contribution in [0.15, 0.2) is 47.0 Å². The predicted molar refractivity (Wildman–Crippen MR) is 96.8 cm³/mol. The Morgan fingerprint density at radius 2 is 1.44 bits per heavy atom. The molecule has 0 aliphatic heterocycles. The maximum Gasteiger partial charge on any atom is 0.471 e. The molecule has 3 rings (SSSR count). The Hall–Kier alpha value is -3.58. The Morgan fingerprint density at radius 3 is 1.91 bits per heavy atom. The van der Waals surface area contributed by atoms with Gasteiger partial charge < -0.3 is 10.3 Å². The number of primary amides is 1. The van der Waals surface area contributed by atoms with Gasteiger partial charge in [-0.25, -0.2) is 0 Å². The van der Waals surface area contributed by atoms with E-state index < -0.39 is 65.2 Å². The van der Waals surface area contributed by atoms with Crippen LogP contribution in [0.5, 0.6) is 0 Å². The monoisotopic (exact) mass is 497 g/mol. The maximum atomic E-state index is 13.7. The summed E-state index contributed by atoms with van der Waals surface area (Å²) in [4.78, 5) is 14.5. The van der Waals surface area contributed by atoms with Crippen molar-refractivity contribution in [2.45, 2.75) is 30.9 Å². The molecule has 14 heteroatoms. The van der Waals surface area contributed by atoms with Gasteiger partial charge in [-0.3, -0.25) is 4.79 Å². The zero-order valence-electron chi connectivity index (χ0n) is 16.5. The Bertz CT molecular complexity index is 1180. The number of hydrogen-bond acceptors (Lipinski definition) is 4. The zero-order valence-corrected chi connectivity index (χ0v) is 16.5. The third-order valence-corrected chi connectivity index (χ3v) is 4.71. The minimum Gasteiger partial charge on any atom is -0.370 e. The molecular formula is C20H12F9N3O2. The average molecular weight is 497 g/mol. The van der Waals surface area contributed by atoms with Crippen LogP contribution in [-0.2, 0) is 23.3 Å². The largest absolute Gasteiger partial charge is 0.471 e. The molecule has 2 N–H and O–H groups in total. The topological polar surface area (TPSA) is 82.0 Å². The molecule has 0 saturated carbocycles. The number of nitrogens with zero attached hydrogens (tertiary/aromatic N) is 2. The number of carbonyl (C=O) groups excluding carboxylic acids is 1. The highest BCUT2D eigenvalue weighted by atomic mass is 19.4. The van der Waals surface area contributed by atoms with Crippen molar-refractivity contribution in [3.63, 3.8) is 0 Å². The summed E-state index contributed by atoms with van der Waals surface area (Å²) in [5, 5.41) is 2.95. The van der Waals surface area contributed by atoms with Crippen molar-refractivity contribution in [2.24, 2.45) is 5.73 Å². The minimum atomic E-state index is -5.10. The number of benzene rings is 2. The molecule has 0 bridgehead atoms. The van der Waals surface area contributed by atoms with Crippen molar-refractivity contribution in [3.8, 4) is 11.4 Å². The fraction of sp³-hybridized carbons (Fsp3) is 0.250. The van der Waals surface area contributed by atoms with E-state index in [1.165, 1.54) is 0 Å². The molecule has 1 aromatic heterocycles. The number of hydrogen-bond donors (Lipinski definition) is 1. The molecule has 1 amide bonds. The summed E-state index contributed by atoms with van der Waals surface area (Å²) >= 11 is 0. The first-order valence-electron chi connectivity index (χ1n) is 9.15. The second-order valence-corrected chi connectivity index (χ2v) is 7.07. The van der Waals surface area contributed by atoms with Crippen LogP contribution < -0.4 is 5.73 Å². The van der Waals surface area contributed by atoms with Gasteiger partial charge in [0.25, 0.3) is 0 Å². The molecule has 0 radical (unpaired) electrons. The summed E-state index contributed by atoms with van der Waals surface area (Å²) in [6, 6.07) is 5.75. The predicted octanol–water partition coefficient (Wildman–Crippen LogP) is 5.80. The van der Waals surface area contributed by atoms with Crippen LogP contribution in [0.1, 0.15) is 40.5 Å². The molecule has 0 aliphatic rings. The van der Waals surface area contributed by atoms with Crippen LogP contribution in [0.3, 0.4) is 0 Å². The van der Waals surface area contributed by atoms with Crippen molar-refractivity contribution >= 4 is 5.91 Å². The van der Waals surface area contributed by atoms with Gasteiger partial charge in [0, 0.05) is 17.9 Å². The molecule has 1 heterocycles. The molecule has 0 aliphatic carbocycles. The van der Waals surface area contributed by atoms with E-state index in [1.807, 2.05) is 0 Å². The van der Waals surface area contributed by atoms with Crippen molar-refractivity contribution in [3.05, 3.63) is 70.6 Å². The van der Waals surface area contributed by atoms with Crippen molar-refractivity contribution in [2.75, 3.05) is 0 Å². The fourth-order valence-electron chi connectivity index (χ4n) is 3.19. The first-order chi connectivity index (χ1) is 15.6. The number of aromatic nitrogens is 2. The molecule has 0 saturated heterocycles. The summed E-state index contributed by atoms with van der Waals surface area (Å²) in [6.45, 7) is 0. The van der Waals surface area contributed by atoms with E-state index in [1.54, 1.807) is 0 Å². The lowest BCUT2D eigenvalue weighted by atomic mass is 9.86. The number of carbonyl (C=O) groups is 1. The van der Waals surface area contributed by atoms with Gasteiger partial charge >= 0.3 is 24.4 Å². The van der Waals surface area contributed by atoms with Gasteiger partial charge in [0.05, 0.1) is 11.1 Å². The van der Waals surface area contributed by atoms with E-state index in [0.29, 0.717) is 18.2 Å². The Morgan fingerprint density at radius 1 is 0.853 bits per heavy atom. The highest BCUT2D eigenvalue weighted by molar-refractivity contribution is 5.75. The van der Waals surface area contributed by atoms with Gasteiger partial charge in [0.15, 0.2) is 0 Å². The van der Waals surface area contributed by atoms with Gasteiger partial charge in [0.2, 0.25) is 11.7 Å². The van der Waals surface area contributed by atoms with Crippen LogP contribution in [0.2, 0.25) is 0 Å².